The van der Waals surface area contributed by atoms with Gasteiger partial charge >= 0.3 is 0 Å². The van der Waals surface area contributed by atoms with Gasteiger partial charge in [-0.05, 0) is 31.4 Å². The number of halogens is 1. The van der Waals surface area contributed by atoms with Crippen molar-refractivity contribution in [3.05, 3.63) is 29.7 Å². The van der Waals surface area contributed by atoms with E-state index in [9.17, 15) is 4.39 Å². The molecule has 1 aliphatic heterocycles. The SMILES string of the molecule is CCC#Cc1ccc2c(cnn2C2CCCCO2)c1F. The summed E-state index contributed by atoms with van der Waals surface area (Å²) in [6.07, 6.45) is 5.34. The van der Waals surface area contributed by atoms with E-state index in [1.165, 1.54) is 0 Å². The summed E-state index contributed by atoms with van der Waals surface area (Å²) in [6.45, 7) is 2.69. The van der Waals surface area contributed by atoms with Crippen LogP contribution in [-0.2, 0) is 4.74 Å². The Hall–Kier alpha value is -1.86. The summed E-state index contributed by atoms with van der Waals surface area (Å²) in [5.74, 6) is 5.46. The Morgan fingerprint density at radius 1 is 1.45 bits per heavy atom. The molecule has 1 fully saturated rings. The summed E-state index contributed by atoms with van der Waals surface area (Å²) >= 11 is 0. The topological polar surface area (TPSA) is 27.1 Å². The van der Waals surface area contributed by atoms with Crippen LogP contribution in [0.15, 0.2) is 18.3 Å². The molecule has 4 heteroatoms. The van der Waals surface area contributed by atoms with Crippen molar-refractivity contribution in [1.29, 1.82) is 0 Å². The maximum absolute atomic E-state index is 14.4. The molecule has 3 rings (SSSR count). The third kappa shape index (κ3) is 2.30. The summed E-state index contributed by atoms with van der Waals surface area (Å²) in [4.78, 5) is 0. The lowest BCUT2D eigenvalue weighted by atomic mass is 10.1. The normalized spacial score (nSPS) is 18.8. The van der Waals surface area contributed by atoms with Crippen molar-refractivity contribution >= 4 is 10.9 Å². The van der Waals surface area contributed by atoms with Gasteiger partial charge in [-0.25, -0.2) is 9.07 Å². The van der Waals surface area contributed by atoms with Gasteiger partial charge in [0.15, 0.2) is 6.23 Å². The zero-order chi connectivity index (χ0) is 13.9. The highest BCUT2D eigenvalue weighted by atomic mass is 19.1. The average molecular weight is 272 g/mol. The van der Waals surface area contributed by atoms with E-state index >= 15 is 0 Å². The molecular weight excluding hydrogens is 255 g/mol. The molecule has 0 saturated carbocycles. The van der Waals surface area contributed by atoms with Crippen LogP contribution in [0.5, 0.6) is 0 Å². The van der Waals surface area contributed by atoms with E-state index in [1.54, 1.807) is 16.9 Å². The molecule has 20 heavy (non-hydrogen) atoms. The van der Waals surface area contributed by atoms with Crippen molar-refractivity contribution in [2.24, 2.45) is 0 Å². The Morgan fingerprint density at radius 2 is 2.35 bits per heavy atom. The average Bonchev–Trinajstić information content (AvgIpc) is 2.92. The molecule has 1 atom stereocenters. The zero-order valence-electron chi connectivity index (χ0n) is 11.5. The molecular formula is C16H17FN2O. The van der Waals surface area contributed by atoms with E-state index in [2.05, 4.69) is 16.9 Å². The second-order valence-electron chi connectivity index (χ2n) is 4.93. The van der Waals surface area contributed by atoms with Crippen molar-refractivity contribution in [2.45, 2.75) is 38.8 Å². The first-order valence-electron chi connectivity index (χ1n) is 7.07. The molecule has 2 aromatic rings. The highest BCUT2D eigenvalue weighted by Crippen LogP contribution is 2.28. The van der Waals surface area contributed by atoms with Crippen LogP contribution in [0.4, 0.5) is 4.39 Å². The summed E-state index contributed by atoms with van der Waals surface area (Å²) in [5, 5.41) is 4.82. The fraction of sp³-hybridized carbons (Fsp3) is 0.438. The van der Waals surface area contributed by atoms with Crippen LogP contribution in [0, 0.1) is 17.7 Å². The molecule has 0 amide bonds. The van der Waals surface area contributed by atoms with Gasteiger partial charge in [0.1, 0.15) is 5.82 Å². The lowest BCUT2D eigenvalue weighted by molar-refractivity contribution is -0.0366. The Morgan fingerprint density at radius 3 is 3.10 bits per heavy atom. The molecule has 0 aliphatic carbocycles. The van der Waals surface area contributed by atoms with Crippen LogP contribution < -0.4 is 0 Å². The smallest absolute Gasteiger partial charge is 0.150 e. The van der Waals surface area contributed by atoms with Crippen LogP contribution in [0.3, 0.4) is 0 Å². The van der Waals surface area contributed by atoms with Crippen molar-refractivity contribution in [1.82, 2.24) is 9.78 Å². The van der Waals surface area contributed by atoms with Gasteiger partial charge in [0.05, 0.1) is 22.7 Å². The minimum absolute atomic E-state index is 0.0757. The third-order valence-corrected chi connectivity index (χ3v) is 3.54. The molecule has 1 aromatic carbocycles. The fourth-order valence-corrected chi connectivity index (χ4v) is 2.51. The van der Waals surface area contributed by atoms with Gasteiger partial charge in [0, 0.05) is 13.0 Å². The number of nitrogens with zero attached hydrogens (tertiary/aromatic N) is 2. The number of benzene rings is 1. The van der Waals surface area contributed by atoms with E-state index in [0.717, 1.165) is 31.4 Å². The monoisotopic (exact) mass is 272 g/mol. The summed E-state index contributed by atoms with van der Waals surface area (Å²) in [7, 11) is 0. The number of aromatic nitrogens is 2. The Bertz CT molecular complexity index is 675. The first-order valence-corrected chi connectivity index (χ1v) is 7.07. The van der Waals surface area contributed by atoms with Crippen LogP contribution in [0.25, 0.3) is 10.9 Å². The van der Waals surface area contributed by atoms with E-state index in [4.69, 9.17) is 4.74 Å². The highest BCUT2D eigenvalue weighted by molar-refractivity contribution is 5.81. The molecule has 1 saturated heterocycles. The van der Waals surface area contributed by atoms with Gasteiger partial charge in [-0.3, -0.25) is 0 Å². The van der Waals surface area contributed by atoms with Gasteiger partial charge in [-0.1, -0.05) is 18.8 Å². The summed E-state index contributed by atoms with van der Waals surface area (Å²) in [6, 6.07) is 3.60. The molecule has 1 unspecified atom stereocenters. The minimum Gasteiger partial charge on any atom is -0.356 e. The predicted octanol–water partition coefficient (Wildman–Crippen LogP) is 3.64. The van der Waals surface area contributed by atoms with Crippen molar-refractivity contribution in [3.8, 4) is 11.8 Å². The number of ether oxygens (including phenoxy) is 1. The Labute approximate surface area is 117 Å². The summed E-state index contributed by atoms with van der Waals surface area (Å²) < 4.78 is 21.9. The number of hydrogen-bond donors (Lipinski definition) is 0. The van der Waals surface area contributed by atoms with Gasteiger partial charge < -0.3 is 4.74 Å². The van der Waals surface area contributed by atoms with Gasteiger partial charge in [0.25, 0.3) is 0 Å². The maximum atomic E-state index is 14.4. The molecule has 2 heterocycles. The minimum atomic E-state index is -0.287. The van der Waals surface area contributed by atoms with E-state index in [-0.39, 0.29) is 12.0 Å². The van der Waals surface area contributed by atoms with Gasteiger partial charge in [0.2, 0.25) is 0 Å². The van der Waals surface area contributed by atoms with Crippen molar-refractivity contribution in [2.75, 3.05) is 6.61 Å². The molecule has 0 spiro atoms. The van der Waals surface area contributed by atoms with Gasteiger partial charge in [-0.2, -0.15) is 5.10 Å². The molecule has 1 aliphatic rings. The largest absolute Gasteiger partial charge is 0.356 e. The predicted molar refractivity (Wildman–Crippen MR) is 75.7 cm³/mol. The van der Waals surface area contributed by atoms with Crippen LogP contribution in [0.2, 0.25) is 0 Å². The van der Waals surface area contributed by atoms with Crippen molar-refractivity contribution < 1.29 is 9.13 Å². The maximum Gasteiger partial charge on any atom is 0.150 e. The second-order valence-corrected chi connectivity index (χ2v) is 4.93. The number of rotatable bonds is 1. The molecule has 0 N–H and O–H groups in total. The Kier molecular flexibility index (Phi) is 3.70. The molecule has 0 bridgehead atoms. The van der Waals surface area contributed by atoms with Crippen LogP contribution in [-0.4, -0.2) is 16.4 Å². The highest BCUT2D eigenvalue weighted by Gasteiger charge is 2.20. The van der Waals surface area contributed by atoms with E-state index in [0.29, 0.717) is 17.4 Å². The number of fused-ring (bicyclic) bond motifs is 1. The lowest BCUT2D eigenvalue weighted by Crippen LogP contribution is -2.18. The molecule has 3 nitrogen and oxygen atoms in total. The molecule has 104 valence electrons. The van der Waals surface area contributed by atoms with E-state index in [1.807, 2.05) is 13.0 Å². The first kappa shape index (κ1) is 13.1. The van der Waals surface area contributed by atoms with Gasteiger partial charge in [-0.15, -0.1) is 0 Å². The quantitative estimate of drug-likeness (QED) is 0.741. The zero-order valence-corrected chi connectivity index (χ0v) is 11.5. The summed E-state index contributed by atoms with van der Waals surface area (Å²) in [5.41, 5.74) is 1.21. The Balaban J connectivity index is 2.03. The fourth-order valence-electron chi connectivity index (χ4n) is 2.51. The number of hydrogen-bond acceptors (Lipinski definition) is 2. The van der Waals surface area contributed by atoms with Crippen LogP contribution in [0.1, 0.15) is 44.4 Å². The van der Waals surface area contributed by atoms with Crippen molar-refractivity contribution in [3.63, 3.8) is 0 Å². The second kappa shape index (κ2) is 5.64. The van der Waals surface area contributed by atoms with Crippen LogP contribution >= 0.6 is 0 Å². The van der Waals surface area contributed by atoms with E-state index < -0.39 is 0 Å². The lowest BCUT2D eigenvalue weighted by Gasteiger charge is -2.23. The standard InChI is InChI=1S/C16H17FN2O/c1-2-3-6-12-8-9-14-13(16(12)17)11-18-19(14)15-7-4-5-10-20-15/h8-9,11,15H,2,4-5,7,10H2,1H3. The molecule has 0 radical (unpaired) electrons. The molecule has 1 aromatic heterocycles. The third-order valence-electron chi connectivity index (χ3n) is 3.54. The first-order chi connectivity index (χ1) is 9.81.